The van der Waals surface area contributed by atoms with E-state index in [0.717, 1.165) is 22.7 Å². The van der Waals surface area contributed by atoms with Crippen molar-refractivity contribution in [2.45, 2.75) is 26.2 Å². The molecule has 0 aliphatic carbocycles. The van der Waals surface area contributed by atoms with Crippen LogP contribution < -0.4 is 15.4 Å². The van der Waals surface area contributed by atoms with Crippen molar-refractivity contribution in [3.8, 4) is 5.75 Å². The van der Waals surface area contributed by atoms with Crippen molar-refractivity contribution in [1.29, 1.82) is 0 Å². The van der Waals surface area contributed by atoms with E-state index in [0.29, 0.717) is 5.82 Å². The second-order valence-corrected chi connectivity index (χ2v) is 7.41. The number of para-hydroxylation sites is 1. The number of anilines is 3. The van der Waals surface area contributed by atoms with Gasteiger partial charge in [0.15, 0.2) is 11.5 Å². The van der Waals surface area contributed by atoms with Gasteiger partial charge < -0.3 is 15.4 Å². The first-order chi connectivity index (χ1) is 13.4. The van der Waals surface area contributed by atoms with Gasteiger partial charge in [0, 0.05) is 17.4 Å². The fourth-order valence-corrected chi connectivity index (χ4v) is 2.80. The average Bonchev–Trinajstić information content (AvgIpc) is 2.68. The number of methoxy groups -OCH3 is 1. The maximum Gasteiger partial charge on any atom is 0.276 e. The predicted molar refractivity (Wildman–Crippen MR) is 111 cm³/mol. The molecule has 0 radical (unpaired) electrons. The van der Waals surface area contributed by atoms with Gasteiger partial charge in [-0.15, -0.1) is 10.2 Å². The van der Waals surface area contributed by atoms with Crippen LogP contribution in [0.3, 0.4) is 0 Å². The topological polar surface area (TPSA) is 76.1 Å². The third-order valence-electron chi connectivity index (χ3n) is 4.22. The van der Waals surface area contributed by atoms with Gasteiger partial charge in [-0.2, -0.15) is 0 Å². The van der Waals surface area contributed by atoms with Gasteiger partial charge in [0.25, 0.3) is 5.91 Å². The lowest BCUT2D eigenvalue weighted by molar-refractivity contribution is 0.102. The summed E-state index contributed by atoms with van der Waals surface area (Å²) in [6, 6.07) is 18.6. The quantitative estimate of drug-likeness (QED) is 0.670. The molecule has 2 N–H and O–H groups in total. The molecule has 1 aromatic heterocycles. The zero-order chi connectivity index (χ0) is 20.1. The van der Waals surface area contributed by atoms with Crippen LogP contribution in [0, 0.1) is 0 Å². The third-order valence-corrected chi connectivity index (χ3v) is 4.22. The number of carbonyl (C=O) groups is 1. The highest BCUT2D eigenvalue weighted by Gasteiger charge is 2.19. The molecular formula is C22H24N4O2. The largest absolute Gasteiger partial charge is 0.497 e. The molecule has 3 rings (SSSR count). The summed E-state index contributed by atoms with van der Waals surface area (Å²) in [6.07, 6.45) is 0. The van der Waals surface area contributed by atoms with Crippen LogP contribution >= 0.6 is 0 Å². The molecule has 144 valence electrons. The molecule has 1 heterocycles. The number of rotatable bonds is 5. The second kappa shape index (κ2) is 8.08. The Morgan fingerprint density at radius 3 is 2.43 bits per heavy atom. The van der Waals surface area contributed by atoms with E-state index in [1.165, 1.54) is 0 Å². The summed E-state index contributed by atoms with van der Waals surface area (Å²) in [4.78, 5) is 12.6. The predicted octanol–water partition coefficient (Wildman–Crippen LogP) is 4.78. The number of amides is 1. The maximum absolute atomic E-state index is 12.6. The number of nitrogens with one attached hydrogen (secondary N) is 2. The van der Waals surface area contributed by atoms with Crippen molar-refractivity contribution in [1.82, 2.24) is 10.2 Å². The maximum atomic E-state index is 12.6. The molecule has 0 aliphatic rings. The zero-order valence-corrected chi connectivity index (χ0v) is 16.5. The number of aromatic nitrogens is 2. The molecule has 2 aromatic carbocycles. The molecule has 0 atom stereocenters. The molecule has 6 nitrogen and oxygen atoms in total. The second-order valence-electron chi connectivity index (χ2n) is 7.41. The number of hydrogen-bond acceptors (Lipinski definition) is 5. The Morgan fingerprint density at radius 2 is 1.75 bits per heavy atom. The molecule has 0 unspecified atom stereocenters. The molecule has 0 bridgehead atoms. The monoisotopic (exact) mass is 376 g/mol. The van der Waals surface area contributed by atoms with Gasteiger partial charge in [-0.3, -0.25) is 4.79 Å². The van der Waals surface area contributed by atoms with E-state index in [1.54, 1.807) is 19.2 Å². The summed E-state index contributed by atoms with van der Waals surface area (Å²) in [5.74, 6) is 0.989. The summed E-state index contributed by atoms with van der Waals surface area (Å²) >= 11 is 0. The molecule has 28 heavy (non-hydrogen) atoms. The van der Waals surface area contributed by atoms with Crippen LogP contribution in [-0.2, 0) is 5.41 Å². The first kappa shape index (κ1) is 19.4. The summed E-state index contributed by atoms with van der Waals surface area (Å²) in [5, 5.41) is 14.2. The van der Waals surface area contributed by atoms with Crippen LogP contribution in [0.4, 0.5) is 17.2 Å². The van der Waals surface area contributed by atoms with E-state index in [4.69, 9.17) is 4.74 Å². The number of hydrogen-bond donors (Lipinski definition) is 2. The Labute approximate surface area is 165 Å². The minimum absolute atomic E-state index is 0.0833. The Balaban J connectivity index is 1.72. The molecule has 0 saturated heterocycles. The molecule has 0 fully saturated rings. The van der Waals surface area contributed by atoms with E-state index in [1.807, 2.05) is 48.5 Å². The van der Waals surface area contributed by atoms with E-state index in [-0.39, 0.29) is 17.0 Å². The Hall–Kier alpha value is -3.41. The Morgan fingerprint density at radius 1 is 0.964 bits per heavy atom. The fourth-order valence-electron chi connectivity index (χ4n) is 2.80. The first-order valence-electron chi connectivity index (χ1n) is 9.02. The van der Waals surface area contributed by atoms with Crippen molar-refractivity contribution >= 4 is 23.1 Å². The number of nitrogens with zero attached hydrogens (tertiary/aromatic N) is 2. The molecule has 0 spiro atoms. The van der Waals surface area contributed by atoms with Crippen LogP contribution in [0.2, 0.25) is 0 Å². The van der Waals surface area contributed by atoms with Crippen molar-refractivity contribution in [3.05, 3.63) is 71.9 Å². The molecular weight excluding hydrogens is 352 g/mol. The summed E-state index contributed by atoms with van der Waals surface area (Å²) in [6.45, 7) is 6.32. The number of carbonyl (C=O) groups excluding carboxylic acids is 1. The summed E-state index contributed by atoms with van der Waals surface area (Å²) < 4.78 is 5.20. The average molecular weight is 376 g/mol. The van der Waals surface area contributed by atoms with E-state index in [9.17, 15) is 4.79 Å². The molecule has 0 aliphatic heterocycles. The van der Waals surface area contributed by atoms with Crippen LogP contribution in [0.15, 0.2) is 60.7 Å². The smallest absolute Gasteiger partial charge is 0.276 e. The zero-order valence-electron chi connectivity index (χ0n) is 16.5. The van der Waals surface area contributed by atoms with Crippen molar-refractivity contribution < 1.29 is 9.53 Å². The molecule has 3 aromatic rings. The van der Waals surface area contributed by atoms with Gasteiger partial charge in [0.05, 0.1) is 7.11 Å². The van der Waals surface area contributed by atoms with Gasteiger partial charge in [-0.1, -0.05) is 45.0 Å². The van der Waals surface area contributed by atoms with Crippen LogP contribution in [-0.4, -0.2) is 23.2 Å². The van der Waals surface area contributed by atoms with Crippen LogP contribution in [0.5, 0.6) is 5.75 Å². The van der Waals surface area contributed by atoms with E-state index in [2.05, 4.69) is 41.6 Å². The van der Waals surface area contributed by atoms with Crippen molar-refractivity contribution in [2.24, 2.45) is 0 Å². The highest BCUT2D eigenvalue weighted by molar-refractivity contribution is 6.03. The minimum atomic E-state index is -0.294. The van der Waals surface area contributed by atoms with Crippen LogP contribution in [0.1, 0.15) is 36.8 Å². The molecule has 0 saturated carbocycles. The van der Waals surface area contributed by atoms with Crippen LogP contribution in [0.25, 0.3) is 0 Å². The van der Waals surface area contributed by atoms with E-state index >= 15 is 0 Å². The first-order valence-corrected chi connectivity index (χ1v) is 9.02. The number of ether oxygens (including phenoxy) is 1. The normalized spacial score (nSPS) is 11.0. The Bertz CT molecular complexity index is 963. The van der Waals surface area contributed by atoms with Gasteiger partial charge in [0.2, 0.25) is 0 Å². The van der Waals surface area contributed by atoms with Gasteiger partial charge in [0.1, 0.15) is 5.75 Å². The highest BCUT2D eigenvalue weighted by atomic mass is 16.5. The fraction of sp³-hybridized carbons (Fsp3) is 0.227. The minimum Gasteiger partial charge on any atom is -0.497 e. The van der Waals surface area contributed by atoms with Gasteiger partial charge in [-0.05, 0) is 41.3 Å². The summed E-state index contributed by atoms with van der Waals surface area (Å²) in [7, 11) is 1.62. The third kappa shape index (κ3) is 4.65. The Kier molecular flexibility index (Phi) is 5.59. The van der Waals surface area contributed by atoms with Gasteiger partial charge in [-0.25, -0.2) is 0 Å². The highest BCUT2D eigenvalue weighted by Crippen LogP contribution is 2.29. The lowest BCUT2D eigenvalue weighted by Crippen LogP contribution is -2.19. The van der Waals surface area contributed by atoms with E-state index < -0.39 is 0 Å². The molecule has 6 heteroatoms. The summed E-state index contributed by atoms with van der Waals surface area (Å²) in [5.41, 5.74) is 2.83. The lowest BCUT2D eigenvalue weighted by atomic mass is 9.86. The van der Waals surface area contributed by atoms with Gasteiger partial charge >= 0.3 is 0 Å². The van der Waals surface area contributed by atoms with Crippen molar-refractivity contribution in [3.63, 3.8) is 0 Å². The lowest BCUT2D eigenvalue weighted by Gasteiger charge is -2.22. The molecule has 1 amide bonds. The standard InChI is InChI=1S/C22H24N4O2/c1-22(2,3)17-10-5-6-11-18(17)24-21(27)19-12-13-20(26-25-19)23-15-8-7-9-16(14-15)28-4/h5-14H,1-4H3,(H,23,26)(H,24,27). The number of benzene rings is 2. The SMILES string of the molecule is COc1cccc(Nc2ccc(C(=O)Nc3ccccc3C(C)(C)C)nn2)c1. The van der Waals surface area contributed by atoms with Crippen molar-refractivity contribution in [2.75, 3.05) is 17.7 Å².